The van der Waals surface area contributed by atoms with Crippen LogP contribution in [0, 0.1) is 0 Å². The number of rotatable bonds is 5. The van der Waals surface area contributed by atoms with Crippen LogP contribution in [-0.4, -0.2) is 35.1 Å². The van der Waals surface area contributed by atoms with E-state index in [2.05, 4.69) is 0 Å². The van der Waals surface area contributed by atoms with E-state index in [0.29, 0.717) is 23.7 Å². The zero-order chi connectivity index (χ0) is 15.2. The highest BCUT2D eigenvalue weighted by molar-refractivity contribution is 7.99. The summed E-state index contributed by atoms with van der Waals surface area (Å²) in [5, 5.41) is 0.706. The number of hydrogen-bond acceptors (Lipinski definition) is 3. The van der Waals surface area contributed by atoms with Crippen molar-refractivity contribution in [2.75, 3.05) is 12.3 Å². The average molecular weight is 327 g/mol. The summed E-state index contributed by atoms with van der Waals surface area (Å²) in [4.78, 5) is 25.3. The van der Waals surface area contributed by atoms with Gasteiger partial charge in [-0.1, -0.05) is 23.7 Å². The van der Waals surface area contributed by atoms with Gasteiger partial charge in [-0.15, -0.1) is 11.8 Å². The van der Waals surface area contributed by atoms with Crippen molar-refractivity contribution in [1.82, 2.24) is 4.90 Å². The van der Waals surface area contributed by atoms with Crippen molar-refractivity contribution in [1.29, 1.82) is 0 Å². The van der Waals surface area contributed by atoms with E-state index in [0.717, 1.165) is 24.2 Å². The number of benzene rings is 1. The van der Waals surface area contributed by atoms with Gasteiger partial charge in [0.15, 0.2) is 0 Å². The second-order valence-corrected chi connectivity index (χ2v) is 6.54. The Kier molecular flexibility index (Phi) is 5.94. The van der Waals surface area contributed by atoms with Gasteiger partial charge in [0, 0.05) is 17.3 Å². The molecule has 0 saturated carbocycles. The monoisotopic (exact) mass is 326 g/mol. The maximum Gasteiger partial charge on any atom is 0.240 e. The van der Waals surface area contributed by atoms with Crippen molar-refractivity contribution in [3.8, 4) is 0 Å². The first-order valence-electron chi connectivity index (χ1n) is 6.99. The van der Waals surface area contributed by atoms with Gasteiger partial charge in [0.25, 0.3) is 0 Å². The number of nitrogens with zero attached hydrogens (tertiary/aromatic N) is 1. The molecule has 1 saturated heterocycles. The minimum absolute atomic E-state index is 0.00235. The number of carbonyl (C=O) groups is 2. The Morgan fingerprint density at radius 1 is 1.29 bits per heavy atom. The van der Waals surface area contributed by atoms with E-state index >= 15 is 0 Å². The van der Waals surface area contributed by atoms with Crippen LogP contribution in [0.1, 0.15) is 24.8 Å². The summed E-state index contributed by atoms with van der Waals surface area (Å²) < 4.78 is 0. The zero-order valence-electron chi connectivity index (χ0n) is 11.8. The molecule has 1 aliphatic rings. The summed E-state index contributed by atoms with van der Waals surface area (Å²) in [5.41, 5.74) is 6.50. The van der Waals surface area contributed by atoms with Gasteiger partial charge in [0.05, 0.1) is 5.75 Å². The number of amides is 2. The van der Waals surface area contributed by atoms with Crippen LogP contribution in [0.15, 0.2) is 24.3 Å². The van der Waals surface area contributed by atoms with Gasteiger partial charge in [-0.2, -0.15) is 0 Å². The van der Waals surface area contributed by atoms with Crippen LogP contribution in [0.3, 0.4) is 0 Å². The summed E-state index contributed by atoms with van der Waals surface area (Å²) >= 11 is 7.37. The lowest BCUT2D eigenvalue weighted by Crippen LogP contribution is -2.51. The van der Waals surface area contributed by atoms with Crippen molar-refractivity contribution in [3.05, 3.63) is 34.9 Å². The highest BCUT2D eigenvalue weighted by Gasteiger charge is 2.30. The van der Waals surface area contributed by atoms with E-state index in [4.69, 9.17) is 17.3 Å². The third kappa shape index (κ3) is 4.64. The van der Waals surface area contributed by atoms with E-state index in [1.165, 1.54) is 0 Å². The van der Waals surface area contributed by atoms with Gasteiger partial charge in [-0.25, -0.2) is 0 Å². The van der Waals surface area contributed by atoms with Gasteiger partial charge in [-0.3, -0.25) is 9.59 Å². The Hall–Kier alpha value is -1.20. The van der Waals surface area contributed by atoms with Crippen LogP contribution in [-0.2, 0) is 15.3 Å². The summed E-state index contributed by atoms with van der Waals surface area (Å²) in [6.45, 7) is 0.633. The Labute approximate surface area is 134 Å². The predicted octanol–water partition coefficient (Wildman–Crippen LogP) is 2.44. The molecule has 2 amide bonds. The lowest BCUT2D eigenvalue weighted by atomic mass is 10.0. The minimum Gasteiger partial charge on any atom is -0.368 e. The van der Waals surface area contributed by atoms with Crippen LogP contribution in [0.2, 0.25) is 5.02 Å². The fraction of sp³-hybridized carbons (Fsp3) is 0.467. The largest absolute Gasteiger partial charge is 0.368 e. The van der Waals surface area contributed by atoms with Crippen molar-refractivity contribution in [2.24, 2.45) is 5.73 Å². The molecule has 0 bridgehead atoms. The maximum absolute atomic E-state index is 12.2. The van der Waals surface area contributed by atoms with Crippen molar-refractivity contribution < 1.29 is 9.59 Å². The summed E-state index contributed by atoms with van der Waals surface area (Å²) in [6.07, 6.45) is 2.58. The number of thioether (sulfide) groups is 1. The smallest absolute Gasteiger partial charge is 0.240 e. The van der Waals surface area contributed by atoms with Crippen molar-refractivity contribution >= 4 is 35.2 Å². The van der Waals surface area contributed by atoms with E-state index in [1.54, 1.807) is 16.7 Å². The normalized spacial score (nSPS) is 18.5. The summed E-state index contributed by atoms with van der Waals surface area (Å²) in [6, 6.07) is 7.15. The fourth-order valence-corrected chi connectivity index (χ4v) is 3.44. The van der Waals surface area contributed by atoms with Gasteiger partial charge in [0.1, 0.15) is 6.04 Å². The first kappa shape index (κ1) is 16.2. The molecule has 0 radical (unpaired) electrons. The van der Waals surface area contributed by atoms with Gasteiger partial charge >= 0.3 is 0 Å². The van der Waals surface area contributed by atoms with Crippen LogP contribution in [0.4, 0.5) is 0 Å². The molecule has 0 unspecified atom stereocenters. The first-order valence-corrected chi connectivity index (χ1v) is 8.52. The molecule has 21 heavy (non-hydrogen) atoms. The summed E-state index contributed by atoms with van der Waals surface area (Å²) in [7, 11) is 0. The van der Waals surface area contributed by atoms with E-state index in [1.807, 2.05) is 24.3 Å². The molecule has 2 rings (SSSR count). The van der Waals surface area contributed by atoms with Crippen LogP contribution in [0.25, 0.3) is 0 Å². The fourth-order valence-electron chi connectivity index (χ4n) is 2.45. The van der Waals surface area contributed by atoms with E-state index in [-0.39, 0.29) is 5.91 Å². The molecular weight excluding hydrogens is 308 g/mol. The number of piperidine rings is 1. The molecular formula is C15H19ClN2O2S. The number of likely N-dealkylation sites (tertiary alicyclic amines) is 1. The number of nitrogens with two attached hydrogens (primary N) is 1. The number of carbonyl (C=O) groups excluding carboxylic acids is 2. The predicted molar refractivity (Wildman–Crippen MR) is 86.2 cm³/mol. The molecule has 0 spiro atoms. The Morgan fingerprint density at radius 2 is 2.00 bits per heavy atom. The van der Waals surface area contributed by atoms with E-state index in [9.17, 15) is 9.59 Å². The molecule has 4 nitrogen and oxygen atoms in total. The third-order valence-electron chi connectivity index (χ3n) is 3.56. The van der Waals surface area contributed by atoms with Crippen LogP contribution < -0.4 is 5.73 Å². The highest BCUT2D eigenvalue weighted by Crippen LogP contribution is 2.20. The highest BCUT2D eigenvalue weighted by atomic mass is 35.5. The SMILES string of the molecule is NC(=O)[C@H]1CCCCN1C(=O)CSCc1ccc(Cl)cc1. The molecule has 1 heterocycles. The number of primary amides is 1. The Bertz CT molecular complexity index is 507. The van der Waals surface area contributed by atoms with E-state index < -0.39 is 11.9 Å². The second kappa shape index (κ2) is 7.71. The molecule has 1 aliphatic heterocycles. The number of halogens is 1. The van der Waals surface area contributed by atoms with Crippen LogP contribution >= 0.6 is 23.4 Å². The molecule has 1 fully saturated rings. The standard InChI is InChI=1S/C15H19ClN2O2S/c16-12-6-4-11(5-7-12)9-21-10-14(19)18-8-2-1-3-13(18)15(17)20/h4-7,13H,1-3,8-10H2,(H2,17,20)/t13-/m1/s1. The minimum atomic E-state index is -0.428. The second-order valence-electron chi connectivity index (χ2n) is 5.12. The van der Waals surface area contributed by atoms with Crippen molar-refractivity contribution in [3.63, 3.8) is 0 Å². The first-order chi connectivity index (χ1) is 10.1. The molecule has 1 aromatic carbocycles. The molecule has 1 atom stereocenters. The molecule has 1 aromatic rings. The lowest BCUT2D eigenvalue weighted by Gasteiger charge is -2.33. The Morgan fingerprint density at radius 3 is 2.67 bits per heavy atom. The molecule has 6 heteroatoms. The maximum atomic E-state index is 12.2. The molecule has 0 aliphatic carbocycles. The quantitative estimate of drug-likeness (QED) is 0.904. The molecule has 114 valence electrons. The van der Waals surface area contributed by atoms with Crippen molar-refractivity contribution in [2.45, 2.75) is 31.1 Å². The third-order valence-corrected chi connectivity index (χ3v) is 4.80. The molecule has 0 aromatic heterocycles. The van der Waals surface area contributed by atoms with Gasteiger partial charge in [-0.05, 0) is 37.0 Å². The summed E-state index contributed by atoms with van der Waals surface area (Å²) in [5.74, 6) is 0.716. The van der Waals surface area contributed by atoms with Crippen LogP contribution in [0.5, 0.6) is 0 Å². The average Bonchev–Trinajstić information content (AvgIpc) is 2.49. The lowest BCUT2D eigenvalue weighted by molar-refractivity contribution is -0.138. The zero-order valence-corrected chi connectivity index (χ0v) is 13.3. The topological polar surface area (TPSA) is 63.4 Å². The molecule has 2 N–H and O–H groups in total. The number of hydrogen-bond donors (Lipinski definition) is 1. The Balaban J connectivity index is 1.83. The van der Waals surface area contributed by atoms with Gasteiger partial charge < -0.3 is 10.6 Å². The van der Waals surface area contributed by atoms with Gasteiger partial charge in [0.2, 0.25) is 11.8 Å².